The van der Waals surface area contributed by atoms with Crippen LogP contribution in [0.1, 0.15) is 6.92 Å². The summed E-state index contributed by atoms with van der Waals surface area (Å²) in [5, 5.41) is 22.0. The molecule has 0 heterocycles. The Morgan fingerprint density at radius 3 is 2.53 bits per heavy atom. The van der Waals surface area contributed by atoms with Crippen molar-refractivity contribution in [3.63, 3.8) is 0 Å². The SMILES string of the molecule is CC(O)C(NC(=O)Nc1c(F)cccc1Cl)C(=O)O. The van der Waals surface area contributed by atoms with Crippen LogP contribution in [0.5, 0.6) is 0 Å². The molecular formula is C11H12ClFN2O4. The van der Waals surface area contributed by atoms with Gasteiger partial charge in [0.2, 0.25) is 0 Å². The number of amides is 2. The minimum Gasteiger partial charge on any atom is -0.480 e. The van der Waals surface area contributed by atoms with E-state index in [1.165, 1.54) is 19.1 Å². The highest BCUT2D eigenvalue weighted by Gasteiger charge is 2.25. The van der Waals surface area contributed by atoms with Gasteiger partial charge in [0.25, 0.3) is 0 Å². The van der Waals surface area contributed by atoms with Gasteiger partial charge in [-0.05, 0) is 19.1 Å². The molecule has 0 bridgehead atoms. The van der Waals surface area contributed by atoms with Crippen molar-refractivity contribution >= 4 is 29.3 Å². The lowest BCUT2D eigenvalue weighted by Crippen LogP contribution is -2.49. The molecule has 0 aromatic heterocycles. The van der Waals surface area contributed by atoms with E-state index in [1.807, 2.05) is 5.32 Å². The van der Waals surface area contributed by atoms with Gasteiger partial charge < -0.3 is 20.8 Å². The number of para-hydroxylation sites is 1. The Labute approximate surface area is 113 Å². The number of anilines is 1. The Balaban J connectivity index is 2.78. The summed E-state index contributed by atoms with van der Waals surface area (Å²) >= 11 is 5.69. The number of aliphatic hydroxyl groups is 1. The monoisotopic (exact) mass is 290 g/mol. The summed E-state index contributed by atoms with van der Waals surface area (Å²) in [5.74, 6) is -2.17. The van der Waals surface area contributed by atoms with Gasteiger partial charge in [0.1, 0.15) is 5.82 Å². The molecule has 6 nitrogen and oxygen atoms in total. The number of rotatable bonds is 4. The van der Waals surface area contributed by atoms with E-state index < -0.39 is 30.0 Å². The lowest BCUT2D eigenvalue weighted by atomic mass is 10.2. The second-order valence-corrected chi connectivity index (χ2v) is 4.16. The Kier molecular flexibility index (Phi) is 5.08. The summed E-state index contributed by atoms with van der Waals surface area (Å²) in [6, 6.07) is 1.32. The second-order valence-electron chi connectivity index (χ2n) is 3.75. The molecule has 0 aliphatic rings. The minimum absolute atomic E-state index is 0.0286. The quantitative estimate of drug-likeness (QED) is 0.674. The number of carbonyl (C=O) groups excluding carboxylic acids is 1. The van der Waals surface area contributed by atoms with Crippen molar-refractivity contribution < 1.29 is 24.2 Å². The highest BCUT2D eigenvalue weighted by molar-refractivity contribution is 6.33. The van der Waals surface area contributed by atoms with Crippen LogP contribution in [0, 0.1) is 5.82 Å². The average Bonchev–Trinajstić information content (AvgIpc) is 2.30. The zero-order chi connectivity index (χ0) is 14.6. The number of urea groups is 1. The molecule has 0 radical (unpaired) electrons. The van der Waals surface area contributed by atoms with E-state index in [1.54, 1.807) is 0 Å². The number of benzene rings is 1. The lowest BCUT2D eigenvalue weighted by molar-refractivity contribution is -0.141. The third kappa shape index (κ3) is 4.08. The Morgan fingerprint density at radius 1 is 1.42 bits per heavy atom. The summed E-state index contributed by atoms with van der Waals surface area (Å²) in [4.78, 5) is 22.3. The number of nitrogens with one attached hydrogen (secondary N) is 2. The molecule has 1 aromatic carbocycles. The molecule has 0 spiro atoms. The first-order valence-corrected chi connectivity index (χ1v) is 5.63. The number of hydrogen-bond acceptors (Lipinski definition) is 3. The first-order valence-electron chi connectivity index (χ1n) is 5.25. The molecule has 0 aliphatic heterocycles. The molecule has 1 aromatic rings. The fraction of sp³-hybridized carbons (Fsp3) is 0.273. The Bertz CT molecular complexity index is 475. The van der Waals surface area contributed by atoms with Gasteiger partial charge in [-0.25, -0.2) is 14.0 Å². The van der Waals surface area contributed by atoms with Gasteiger partial charge >= 0.3 is 12.0 Å². The maximum absolute atomic E-state index is 13.4. The number of aliphatic hydroxyl groups excluding tert-OH is 1. The molecule has 8 heteroatoms. The van der Waals surface area contributed by atoms with Gasteiger partial charge in [0, 0.05) is 0 Å². The predicted molar refractivity (Wildman–Crippen MR) is 66.7 cm³/mol. The third-order valence-electron chi connectivity index (χ3n) is 2.24. The van der Waals surface area contributed by atoms with Gasteiger partial charge in [-0.2, -0.15) is 0 Å². The van der Waals surface area contributed by atoms with E-state index in [2.05, 4.69) is 5.32 Å². The molecule has 0 aliphatic carbocycles. The smallest absolute Gasteiger partial charge is 0.328 e. The Hall–Kier alpha value is -1.86. The summed E-state index contributed by atoms with van der Waals surface area (Å²) in [6.07, 6.45) is -1.31. The van der Waals surface area contributed by atoms with Crippen LogP contribution < -0.4 is 10.6 Å². The van der Waals surface area contributed by atoms with E-state index >= 15 is 0 Å². The number of halogens is 2. The largest absolute Gasteiger partial charge is 0.480 e. The highest BCUT2D eigenvalue weighted by Crippen LogP contribution is 2.24. The molecule has 2 atom stereocenters. The van der Waals surface area contributed by atoms with Crippen molar-refractivity contribution in [3.8, 4) is 0 Å². The molecular weight excluding hydrogens is 279 g/mol. The van der Waals surface area contributed by atoms with Crippen LogP contribution in [0.15, 0.2) is 18.2 Å². The van der Waals surface area contributed by atoms with E-state index in [9.17, 15) is 19.1 Å². The fourth-order valence-corrected chi connectivity index (χ4v) is 1.51. The highest BCUT2D eigenvalue weighted by atomic mass is 35.5. The van der Waals surface area contributed by atoms with Crippen LogP contribution >= 0.6 is 11.6 Å². The minimum atomic E-state index is -1.51. The summed E-state index contributed by atoms with van der Waals surface area (Å²) in [6.45, 7) is 1.20. The molecule has 19 heavy (non-hydrogen) atoms. The standard InChI is InChI=1S/C11H12ClFN2O4/c1-5(16)8(10(17)18)14-11(19)15-9-6(12)3-2-4-7(9)13/h2-5,8,16H,1H3,(H,17,18)(H2,14,15,19). The molecule has 1 rings (SSSR count). The predicted octanol–water partition coefficient (Wildman–Crippen LogP) is 1.43. The summed E-state index contributed by atoms with van der Waals surface area (Å²) in [7, 11) is 0. The maximum Gasteiger partial charge on any atom is 0.328 e. The average molecular weight is 291 g/mol. The van der Waals surface area contributed by atoms with Crippen molar-refractivity contribution in [1.82, 2.24) is 5.32 Å². The number of aliphatic carboxylic acids is 1. The van der Waals surface area contributed by atoms with E-state index in [4.69, 9.17) is 16.7 Å². The van der Waals surface area contributed by atoms with Crippen molar-refractivity contribution in [2.75, 3.05) is 5.32 Å². The van der Waals surface area contributed by atoms with E-state index in [0.29, 0.717) is 0 Å². The fourth-order valence-electron chi connectivity index (χ4n) is 1.30. The maximum atomic E-state index is 13.4. The molecule has 104 valence electrons. The van der Waals surface area contributed by atoms with E-state index in [-0.39, 0.29) is 10.7 Å². The van der Waals surface area contributed by atoms with Crippen molar-refractivity contribution in [1.29, 1.82) is 0 Å². The van der Waals surface area contributed by atoms with Gasteiger partial charge in [0.15, 0.2) is 6.04 Å². The lowest BCUT2D eigenvalue weighted by Gasteiger charge is -2.17. The van der Waals surface area contributed by atoms with Crippen LogP contribution in [0.3, 0.4) is 0 Å². The first-order chi connectivity index (χ1) is 8.82. The number of carbonyl (C=O) groups is 2. The summed E-state index contributed by atoms with van der Waals surface area (Å²) in [5.41, 5.74) is -0.267. The van der Waals surface area contributed by atoms with Gasteiger partial charge in [-0.15, -0.1) is 0 Å². The van der Waals surface area contributed by atoms with Crippen LogP contribution in [-0.4, -0.2) is 34.4 Å². The molecule has 0 saturated carbocycles. The second kappa shape index (κ2) is 6.35. The van der Waals surface area contributed by atoms with Gasteiger partial charge in [-0.1, -0.05) is 17.7 Å². The first kappa shape index (κ1) is 15.2. The zero-order valence-electron chi connectivity index (χ0n) is 9.85. The zero-order valence-corrected chi connectivity index (χ0v) is 10.6. The topological polar surface area (TPSA) is 98.7 Å². The summed E-state index contributed by atoms with van der Waals surface area (Å²) < 4.78 is 13.4. The molecule has 0 saturated heterocycles. The number of hydrogen-bond donors (Lipinski definition) is 4. The van der Waals surface area contributed by atoms with Crippen molar-refractivity contribution in [2.45, 2.75) is 19.1 Å². The molecule has 2 unspecified atom stereocenters. The van der Waals surface area contributed by atoms with Crippen LogP contribution in [0.25, 0.3) is 0 Å². The van der Waals surface area contributed by atoms with Crippen molar-refractivity contribution in [2.24, 2.45) is 0 Å². The normalized spacial score (nSPS) is 13.5. The number of carboxylic acids is 1. The van der Waals surface area contributed by atoms with Crippen LogP contribution in [0.4, 0.5) is 14.9 Å². The van der Waals surface area contributed by atoms with E-state index in [0.717, 1.165) is 6.07 Å². The molecule has 0 fully saturated rings. The van der Waals surface area contributed by atoms with Crippen LogP contribution in [0.2, 0.25) is 5.02 Å². The van der Waals surface area contributed by atoms with Gasteiger partial charge in [0.05, 0.1) is 16.8 Å². The molecule has 2 amide bonds. The Morgan fingerprint density at radius 2 is 2.05 bits per heavy atom. The number of carboxylic acid groups (broad SMARTS) is 1. The van der Waals surface area contributed by atoms with Crippen molar-refractivity contribution in [3.05, 3.63) is 29.0 Å². The van der Waals surface area contributed by atoms with Crippen LogP contribution in [-0.2, 0) is 4.79 Å². The third-order valence-corrected chi connectivity index (χ3v) is 2.55. The van der Waals surface area contributed by atoms with Gasteiger partial charge in [-0.3, -0.25) is 0 Å². The molecule has 4 N–H and O–H groups in total.